The number of rotatable bonds is 4. The van der Waals surface area contributed by atoms with Crippen molar-refractivity contribution < 1.29 is 24.0 Å². The molecule has 6 heteroatoms. The van der Waals surface area contributed by atoms with Crippen molar-refractivity contribution in [2.45, 2.75) is 13.8 Å². The van der Waals surface area contributed by atoms with Gasteiger partial charge in [0.25, 0.3) is 0 Å². The van der Waals surface area contributed by atoms with E-state index in [4.69, 9.17) is 24.0 Å². The number of allylic oxidation sites excluding steroid dienone is 2. The molecule has 2 aromatic rings. The van der Waals surface area contributed by atoms with Crippen LogP contribution in [0.5, 0.6) is 11.5 Å². The fourth-order valence-corrected chi connectivity index (χ4v) is 1.90. The van der Waals surface area contributed by atoms with Crippen molar-refractivity contribution in [2.24, 2.45) is 0 Å². The van der Waals surface area contributed by atoms with E-state index in [9.17, 15) is 0 Å². The fraction of sp³-hybridized carbons (Fsp3) is 0.111. The summed E-state index contributed by atoms with van der Waals surface area (Å²) < 4.78 is 14.9. The normalized spacial score (nSPS) is 11.4. The number of para-hydroxylation sites is 2. The summed E-state index contributed by atoms with van der Waals surface area (Å²) in [4.78, 5) is 21.6. The summed E-state index contributed by atoms with van der Waals surface area (Å²) in [7, 11) is -4.64. The maximum atomic E-state index is 8.88. The first-order chi connectivity index (χ1) is 11.3. The lowest BCUT2D eigenvalue weighted by Gasteiger charge is -2.11. The van der Waals surface area contributed by atoms with Crippen LogP contribution >= 0.6 is 7.82 Å². The molecule has 0 unspecified atom stereocenters. The van der Waals surface area contributed by atoms with Crippen molar-refractivity contribution in [1.82, 2.24) is 0 Å². The third-order valence-corrected chi connectivity index (χ3v) is 2.75. The summed E-state index contributed by atoms with van der Waals surface area (Å²) in [6.45, 7) is 4.01. The van der Waals surface area contributed by atoms with E-state index in [-0.39, 0.29) is 0 Å². The summed E-state index contributed by atoms with van der Waals surface area (Å²) in [5, 5.41) is 0. The van der Waals surface area contributed by atoms with Gasteiger partial charge in [0.2, 0.25) is 0 Å². The average molecular weight is 348 g/mol. The molecule has 0 aliphatic rings. The van der Waals surface area contributed by atoms with Gasteiger partial charge in [-0.2, -0.15) is 0 Å². The molecule has 0 aliphatic heterocycles. The van der Waals surface area contributed by atoms with Crippen LogP contribution in [-0.2, 0) is 4.57 Å². The molecule has 2 rings (SSSR count). The maximum Gasteiger partial charge on any atom is 0.466 e. The highest BCUT2D eigenvalue weighted by Crippen LogP contribution is 2.29. The molecule has 0 aliphatic carbocycles. The van der Waals surface area contributed by atoms with Gasteiger partial charge in [0.1, 0.15) is 11.5 Å². The molecule has 0 amide bonds. The molecule has 5 nitrogen and oxygen atoms in total. The Labute approximate surface area is 141 Å². The quantitative estimate of drug-likeness (QED) is 0.702. The summed E-state index contributed by atoms with van der Waals surface area (Å²) in [6.07, 6.45) is 8.13. The van der Waals surface area contributed by atoms with E-state index in [0.717, 1.165) is 22.6 Å². The molecule has 128 valence electrons. The third-order valence-electron chi connectivity index (χ3n) is 2.75. The molecule has 0 saturated heterocycles. The molecule has 0 heterocycles. The van der Waals surface area contributed by atoms with E-state index in [1.165, 1.54) is 0 Å². The molecule has 0 radical (unpaired) electrons. The highest BCUT2D eigenvalue weighted by Gasteiger charge is 2.04. The highest BCUT2D eigenvalue weighted by molar-refractivity contribution is 7.45. The number of ether oxygens (including phenoxy) is 1. The molecule has 0 fully saturated rings. The van der Waals surface area contributed by atoms with Crippen LogP contribution in [0.25, 0.3) is 12.2 Å². The molecular formula is C18H21O5P. The van der Waals surface area contributed by atoms with Crippen molar-refractivity contribution in [3.8, 4) is 11.5 Å². The predicted molar refractivity (Wildman–Crippen MR) is 96.6 cm³/mol. The Bertz CT molecular complexity index is 685. The van der Waals surface area contributed by atoms with Gasteiger partial charge < -0.3 is 19.4 Å². The first-order valence-electron chi connectivity index (χ1n) is 7.24. The van der Waals surface area contributed by atoms with Crippen molar-refractivity contribution >= 4 is 20.0 Å². The maximum absolute atomic E-state index is 8.88. The van der Waals surface area contributed by atoms with Gasteiger partial charge in [-0.15, -0.1) is 0 Å². The minimum Gasteiger partial charge on any atom is -0.456 e. The Hall–Kier alpha value is -2.17. The summed E-state index contributed by atoms with van der Waals surface area (Å²) in [5.74, 6) is 1.75. The zero-order valence-electron chi connectivity index (χ0n) is 13.5. The van der Waals surface area contributed by atoms with Crippen LogP contribution in [0.4, 0.5) is 0 Å². The van der Waals surface area contributed by atoms with E-state index < -0.39 is 7.82 Å². The van der Waals surface area contributed by atoms with E-state index >= 15 is 0 Å². The van der Waals surface area contributed by atoms with Crippen molar-refractivity contribution in [2.75, 3.05) is 0 Å². The monoisotopic (exact) mass is 348 g/mol. The van der Waals surface area contributed by atoms with Crippen LogP contribution in [0.3, 0.4) is 0 Å². The highest BCUT2D eigenvalue weighted by atomic mass is 31.2. The van der Waals surface area contributed by atoms with Crippen LogP contribution < -0.4 is 4.74 Å². The van der Waals surface area contributed by atoms with E-state index in [1.807, 2.05) is 86.7 Å². The van der Waals surface area contributed by atoms with Crippen LogP contribution in [0.2, 0.25) is 0 Å². The Morgan fingerprint density at radius 3 is 1.46 bits per heavy atom. The number of phosphoric acid groups is 1. The Morgan fingerprint density at radius 1 is 0.792 bits per heavy atom. The van der Waals surface area contributed by atoms with Gasteiger partial charge in [0.15, 0.2) is 0 Å². The second-order valence-corrected chi connectivity index (χ2v) is 5.72. The molecule has 24 heavy (non-hydrogen) atoms. The van der Waals surface area contributed by atoms with Gasteiger partial charge in [-0.25, -0.2) is 4.57 Å². The van der Waals surface area contributed by atoms with Crippen LogP contribution in [0.1, 0.15) is 25.0 Å². The smallest absolute Gasteiger partial charge is 0.456 e. The zero-order chi connectivity index (χ0) is 18.0. The van der Waals surface area contributed by atoms with Gasteiger partial charge in [-0.3, -0.25) is 0 Å². The molecule has 0 spiro atoms. The molecule has 0 saturated carbocycles. The zero-order valence-corrected chi connectivity index (χ0v) is 14.4. The second kappa shape index (κ2) is 9.85. The van der Waals surface area contributed by atoms with Gasteiger partial charge in [0, 0.05) is 11.1 Å². The predicted octanol–water partition coefficient (Wildman–Crippen LogP) is 4.62. The van der Waals surface area contributed by atoms with Gasteiger partial charge in [-0.1, -0.05) is 60.7 Å². The second-order valence-electron chi connectivity index (χ2n) is 4.69. The van der Waals surface area contributed by atoms with Gasteiger partial charge in [-0.05, 0) is 26.0 Å². The van der Waals surface area contributed by atoms with Crippen LogP contribution in [-0.4, -0.2) is 14.7 Å². The molecule has 3 N–H and O–H groups in total. The van der Waals surface area contributed by atoms with Crippen molar-refractivity contribution in [1.29, 1.82) is 0 Å². The van der Waals surface area contributed by atoms with Crippen LogP contribution in [0, 0.1) is 0 Å². The van der Waals surface area contributed by atoms with Crippen molar-refractivity contribution in [3.05, 3.63) is 71.8 Å². The van der Waals surface area contributed by atoms with Gasteiger partial charge in [0.05, 0.1) is 0 Å². The minimum atomic E-state index is -4.64. The number of hydrogen-bond donors (Lipinski definition) is 3. The molecule has 0 aromatic heterocycles. The fourth-order valence-electron chi connectivity index (χ4n) is 1.90. The SMILES string of the molecule is CC=Cc1ccccc1Oc1ccccc1C=CC.O=P(O)(O)O. The number of hydrogen-bond acceptors (Lipinski definition) is 2. The van der Waals surface area contributed by atoms with Gasteiger partial charge >= 0.3 is 7.82 Å². The first-order valence-corrected chi connectivity index (χ1v) is 8.81. The molecule has 0 bridgehead atoms. The average Bonchev–Trinajstić information content (AvgIpc) is 2.50. The Balaban J connectivity index is 0.000000505. The minimum absolute atomic E-state index is 0.873. The lowest BCUT2D eigenvalue weighted by Crippen LogP contribution is -1.89. The summed E-state index contributed by atoms with van der Waals surface area (Å²) in [5.41, 5.74) is 2.17. The van der Waals surface area contributed by atoms with Crippen molar-refractivity contribution in [3.63, 3.8) is 0 Å². The molecule has 2 aromatic carbocycles. The third kappa shape index (κ3) is 7.90. The van der Waals surface area contributed by atoms with E-state index in [1.54, 1.807) is 0 Å². The Morgan fingerprint density at radius 2 is 1.12 bits per heavy atom. The molecule has 0 atom stereocenters. The standard InChI is InChI=1S/C18H18O.H3O4P/c1-3-9-15-11-5-7-13-17(15)19-18-14-8-6-12-16(18)10-4-2;1-5(2,3)4/h3-14H,1-2H3;(H3,1,2,3,4). The lowest BCUT2D eigenvalue weighted by molar-refractivity contribution is 0.275. The van der Waals surface area contributed by atoms with E-state index in [2.05, 4.69) is 0 Å². The number of benzene rings is 2. The largest absolute Gasteiger partial charge is 0.466 e. The molecular weight excluding hydrogens is 327 g/mol. The lowest BCUT2D eigenvalue weighted by atomic mass is 10.1. The van der Waals surface area contributed by atoms with E-state index in [0.29, 0.717) is 0 Å². The first kappa shape index (κ1) is 19.9. The topological polar surface area (TPSA) is 87.0 Å². The summed E-state index contributed by atoms with van der Waals surface area (Å²) in [6, 6.07) is 16.1. The Kier molecular flexibility index (Phi) is 8.16. The summed E-state index contributed by atoms with van der Waals surface area (Å²) >= 11 is 0. The van der Waals surface area contributed by atoms with Crippen LogP contribution in [0.15, 0.2) is 60.7 Å².